The first-order valence-corrected chi connectivity index (χ1v) is 9.48. The van der Waals surface area contributed by atoms with Crippen LogP contribution in [-0.2, 0) is 0 Å². The topological polar surface area (TPSA) is 15.3 Å². The van der Waals surface area contributed by atoms with Crippen molar-refractivity contribution in [2.24, 2.45) is 11.8 Å². The van der Waals surface area contributed by atoms with Gasteiger partial charge in [0.1, 0.15) is 0 Å². The summed E-state index contributed by atoms with van der Waals surface area (Å²) in [5, 5.41) is 6.02. The first-order valence-electron chi connectivity index (χ1n) is 8.60. The smallest absolute Gasteiger partial charge is 0.0468 e. The molecule has 4 atom stereocenters. The predicted octanol–water partition coefficient (Wildman–Crippen LogP) is 4.54. The average Bonchev–Trinajstić information content (AvgIpc) is 3.00. The number of thiophene rings is 1. The van der Waals surface area contributed by atoms with E-state index in [-0.39, 0.29) is 0 Å². The summed E-state index contributed by atoms with van der Waals surface area (Å²) in [6, 6.07) is 6.40. The van der Waals surface area contributed by atoms with Crippen LogP contribution >= 0.6 is 11.3 Å². The fourth-order valence-corrected chi connectivity index (χ4v) is 4.58. The highest BCUT2D eigenvalue weighted by Gasteiger charge is 2.35. The van der Waals surface area contributed by atoms with E-state index in [4.69, 9.17) is 0 Å². The quantitative estimate of drug-likeness (QED) is 0.830. The molecule has 2 rings (SSSR count). The molecule has 0 amide bonds. The van der Waals surface area contributed by atoms with Gasteiger partial charge in [0.25, 0.3) is 0 Å². The highest BCUT2D eigenvalue weighted by Crippen LogP contribution is 2.35. The standard InChI is InChI=1S/C18H32N2S/c1-6-14(5)16-12-20(15(7-2)11-19-16)18(13(3)4)17-9-8-10-21-17/h8-10,13-16,18-19H,6-7,11-12H2,1-5H3. The van der Waals surface area contributed by atoms with Gasteiger partial charge < -0.3 is 5.32 Å². The van der Waals surface area contributed by atoms with Crippen LogP contribution in [0.4, 0.5) is 0 Å². The molecule has 0 radical (unpaired) electrons. The van der Waals surface area contributed by atoms with E-state index in [9.17, 15) is 0 Å². The predicted molar refractivity (Wildman–Crippen MR) is 93.9 cm³/mol. The molecule has 1 aromatic rings. The Morgan fingerprint density at radius 2 is 2.10 bits per heavy atom. The Morgan fingerprint density at radius 3 is 2.62 bits per heavy atom. The number of piperazine rings is 1. The Morgan fingerprint density at radius 1 is 1.33 bits per heavy atom. The van der Waals surface area contributed by atoms with Gasteiger partial charge in [0.15, 0.2) is 0 Å². The molecule has 21 heavy (non-hydrogen) atoms. The maximum atomic E-state index is 3.80. The van der Waals surface area contributed by atoms with Crippen LogP contribution < -0.4 is 5.32 Å². The molecule has 2 heterocycles. The van der Waals surface area contributed by atoms with Crippen LogP contribution in [0.15, 0.2) is 17.5 Å². The number of hydrogen-bond acceptors (Lipinski definition) is 3. The molecular formula is C18H32N2S. The maximum absolute atomic E-state index is 3.80. The minimum atomic E-state index is 0.573. The van der Waals surface area contributed by atoms with Crippen LogP contribution in [0.2, 0.25) is 0 Å². The van der Waals surface area contributed by atoms with E-state index in [1.54, 1.807) is 0 Å². The average molecular weight is 309 g/mol. The van der Waals surface area contributed by atoms with E-state index in [2.05, 4.69) is 62.3 Å². The molecule has 0 bridgehead atoms. The van der Waals surface area contributed by atoms with E-state index in [0.717, 1.165) is 12.5 Å². The van der Waals surface area contributed by atoms with Gasteiger partial charge in [0.05, 0.1) is 0 Å². The third-order valence-electron chi connectivity index (χ3n) is 5.12. The molecule has 0 spiro atoms. The van der Waals surface area contributed by atoms with Crippen molar-refractivity contribution in [3.05, 3.63) is 22.4 Å². The molecule has 1 fully saturated rings. The van der Waals surface area contributed by atoms with E-state index in [0.29, 0.717) is 24.0 Å². The molecule has 1 aliphatic rings. The summed E-state index contributed by atoms with van der Waals surface area (Å²) in [6.45, 7) is 14.1. The van der Waals surface area contributed by atoms with Crippen molar-refractivity contribution in [3.63, 3.8) is 0 Å². The highest BCUT2D eigenvalue weighted by atomic mass is 32.1. The Balaban J connectivity index is 2.22. The number of nitrogens with zero attached hydrogens (tertiary/aromatic N) is 1. The van der Waals surface area contributed by atoms with Gasteiger partial charge in [-0.05, 0) is 29.7 Å². The third-order valence-corrected chi connectivity index (χ3v) is 6.06. The van der Waals surface area contributed by atoms with Crippen LogP contribution in [0, 0.1) is 11.8 Å². The van der Waals surface area contributed by atoms with Crippen LogP contribution in [0.25, 0.3) is 0 Å². The molecule has 0 aromatic carbocycles. The third kappa shape index (κ3) is 3.88. The van der Waals surface area contributed by atoms with Gasteiger partial charge in [-0.2, -0.15) is 0 Å². The lowest BCUT2D eigenvalue weighted by molar-refractivity contribution is 0.0449. The summed E-state index contributed by atoms with van der Waals surface area (Å²) in [5.41, 5.74) is 0. The molecule has 120 valence electrons. The van der Waals surface area contributed by atoms with Crippen molar-refractivity contribution < 1.29 is 0 Å². The van der Waals surface area contributed by atoms with Gasteiger partial charge in [-0.15, -0.1) is 11.3 Å². The second kappa shape index (κ2) is 7.75. The Hall–Kier alpha value is -0.380. The van der Waals surface area contributed by atoms with Gasteiger partial charge >= 0.3 is 0 Å². The molecule has 0 saturated carbocycles. The van der Waals surface area contributed by atoms with E-state index < -0.39 is 0 Å². The SMILES string of the molecule is CCC(C)C1CN(C(c2cccs2)C(C)C)C(CC)CN1. The minimum absolute atomic E-state index is 0.573. The van der Waals surface area contributed by atoms with Crippen molar-refractivity contribution >= 4 is 11.3 Å². The number of nitrogens with one attached hydrogen (secondary N) is 1. The zero-order valence-electron chi connectivity index (χ0n) is 14.3. The molecule has 3 heteroatoms. The van der Waals surface area contributed by atoms with Crippen LogP contribution in [-0.4, -0.2) is 30.1 Å². The molecule has 2 nitrogen and oxygen atoms in total. The summed E-state index contributed by atoms with van der Waals surface area (Å²) < 4.78 is 0. The lowest BCUT2D eigenvalue weighted by atomic mass is 9.91. The maximum Gasteiger partial charge on any atom is 0.0468 e. The van der Waals surface area contributed by atoms with E-state index in [1.165, 1.54) is 24.3 Å². The monoisotopic (exact) mass is 308 g/mol. The van der Waals surface area contributed by atoms with E-state index >= 15 is 0 Å². The van der Waals surface area contributed by atoms with Crippen molar-refractivity contribution in [2.75, 3.05) is 13.1 Å². The molecule has 4 unspecified atom stereocenters. The van der Waals surface area contributed by atoms with Crippen LogP contribution in [0.5, 0.6) is 0 Å². The summed E-state index contributed by atoms with van der Waals surface area (Å²) in [6.07, 6.45) is 2.49. The number of hydrogen-bond donors (Lipinski definition) is 1. The van der Waals surface area contributed by atoms with Gasteiger partial charge in [-0.3, -0.25) is 4.90 Å². The zero-order chi connectivity index (χ0) is 15.4. The Labute approximate surface area is 134 Å². The largest absolute Gasteiger partial charge is 0.311 e. The minimum Gasteiger partial charge on any atom is -0.311 e. The lowest BCUT2D eigenvalue weighted by Gasteiger charge is -2.47. The van der Waals surface area contributed by atoms with Crippen molar-refractivity contribution in [1.29, 1.82) is 0 Å². The lowest BCUT2D eigenvalue weighted by Crippen LogP contribution is -2.59. The van der Waals surface area contributed by atoms with Gasteiger partial charge in [-0.1, -0.05) is 47.1 Å². The van der Waals surface area contributed by atoms with Crippen LogP contribution in [0.3, 0.4) is 0 Å². The molecule has 1 N–H and O–H groups in total. The number of rotatable bonds is 6. The van der Waals surface area contributed by atoms with Crippen molar-refractivity contribution in [3.8, 4) is 0 Å². The van der Waals surface area contributed by atoms with Gasteiger partial charge in [-0.25, -0.2) is 0 Å². The first-order chi connectivity index (χ1) is 10.1. The molecule has 1 aromatic heterocycles. The van der Waals surface area contributed by atoms with E-state index in [1.807, 2.05) is 11.3 Å². The summed E-state index contributed by atoms with van der Waals surface area (Å²) in [4.78, 5) is 4.33. The molecule has 0 aliphatic carbocycles. The van der Waals surface area contributed by atoms with Gasteiger partial charge in [0.2, 0.25) is 0 Å². The summed E-state index contributed by atoms with van der Waals surface area (Å²) in [5.74, 6) is 1.41. The normalized spacial score (nSPS) is 27.0. The fourth-order valence-electron chi connectivity index (χ4n) is 3.57. The Kier molecular flexibility index (Phi) is 6.27. The summed E-state index contributed by atoms with van der Waals surface area (Å²) in [7, 11) is 0. The van der Waals surface area contributed by atoms with Crippen LogP contribution in [0.1, 0.15) is 58.4 Å². The zero-order valence-corrected chi connectivity index (χ0v) is 15.1. The second-order valence-corrected chi connectivity index (χ2v) is 7.84. The highest BCUT2D eigenvalue weighted by molar-refractivity contribution is 7.10. The van der Waals surface area contributed by atoms with Gasteiger partial charge in [0, 0.05) is 36.1 Å². The summed E-state index contributed by atoms with van der Waals surface area (Å²) >= 11 is 1.92. The second-order valence-electron chi connectivity index (χ2n) is 6.86. The van der Waals surface area contributed by atoms with Crippen molar-refractivity contribution in [2.45, 2.75) is 65.6 Å². The fraction of sp³-hybridized carbons (Fsp3) is 0.778. The van der Waals surface area contributed by atoms with Crippen molar-refractivity contribution in [1.82, 2.24) is 10.2 Å². The molecular weight excluding hydrogens is 276 g/mol. The Bertz CT molecular complexity index is 401. The molecule has 1 aliphatic heterocycles. The first kappa shape index (κ1) is 17.0. The molecule has 1 saturated heterocycles.